The van der Waals surface area contributed by atoms with Crippen LogP contribution in [0.4, 0.5) is 10.1 Å². The molecule has 1 amide bonds. The maximum Gasteiger partial charge on any atom is 0.244 e. The Balaban J connectivity index is 2.29. The number of hydrogen-bond donors (Lipinski definition) is 2. The molecule has 2 rings (SSSR count). The molecule has 1 atom stereocenters. The minimum absolute atomic E-state index is 0.298. The summed E-state index contributed by atoms with van der Waals surface area (Å²) in [6.45, 7) is 1.98. The average molecular weight is 337 g/mol. The summed E-state index contributed by atoms with van der Waals surface area (Å²) in [6, 6.07) is 11.3. The number of benzene rings is 2. The molecule has 0 aromatic heterocycles. The fraction of sp³-hybridized carbons (Fsp3) is 0.133. The summed E-state index contributed by atoms with van der Waals surface area (Å²) in [5.74, 6) is -0.906. The highest BCUT2D eigenvalue weighted by molar-refractivity contribution is 9.10. The molecule has 0 saturated heterocycles. The molecule has 0 heterocycles. The zero-order valence-electron chi connectivity index (χ0n) is 10.9. The number of aryl methyl sites for hydroxylation is 1. The fourth-order valence-corrected chi connectivity index (χ4v) is 2.22. The Morgan fingerprint density at radius 2 is 1.90 bits per heavy atom. The van der Waals surface area contributed by atoms with Crippen molar-refractivity contribution in [3.8, 4) is 0 Å². The molecule has 2 aromatic carbocycles. The second kappa shape index (κ2) is 6.05. The summed E-state index contributed by atoms with van der Waals surface area (Å²) in [5.41, 5.74) is 7.93. The zero-order valence-corrected chi connectivity index (χ0v) is 12.4. The van der Waals surface area contributed by atoms with Crippen molar-refractivity contribution >= 4 is 27.5 Å². The second-order valence-corrected chi connectivity index (χ2v) is 5.37. The standard InChI is InChI=1S/C15H14BrFN2O/c1-9-2-5-11(6-3-9)19-14(15(18)20)10-4-7-13(17)12(16)8-10/h2-8,14,19H,1H3,(H2,18,20). The number of nitrogens with two attached hydrogens (primary N) is 1. The van der Waals surface area contributed by atoms with Crippen molar-refractivity contribution < 1.29 is 9.18 Å². The third-order valence-corrected chi connectivity index (χ3v) is 3.53. The molecule has 3 N–H and O–H groups in total. The normalized spacial score (nSPS) is 11.9. The first kappa shape index (κ1) is 14.5. The largest absolute Gasteiger partial charge is 0.370 e. The van der Waals surface area contributed by atoms with E-state index >= 15 is 0 Å². The lowest BCUT2D eigenvalue weighted by atomic mass is 10.1. The van der Waals surface area contributed by atoms with Gasteiger partial charge in [0, 0.05) is 5.69 Å². The van der Waals surface area contributed by atoms with E-state index in [2.05, 4.69) is 21.2 Å². The van der Waals surface area contributed by atoms with Crippen molar-refractivity contribution in [1.82, 2.24) is 0 Å². The van der Waals surface area contributed by atoms with Gasteiger partial charge in [-0.3, -0.25) is 4.79 Å². The van der Waals surface area contributed by atoms with E-state index in [9.17, 15) is 9.18 Å². The van der Waals surface area contributed by atoms with E-state index < -0.39 is 11.9 Å². The summed E-state index contributed by atoms with van der Waals surface area (Å²) in [5, 5.41) is 3.05. The van der Waals surface area contributed by atoms with Gasteiger partial charge >= 0.3 is 0 Å². The first-order valence-corrected chi connectivity index (χ1v) is 6.84. The minimum atomic E-state index is -0.713. The predicted molar refractivity (Wildman–Crippen MR) is 80.8 cm³/mol. The van der Waals surface area contributed by atoms with Gasteiger partial charge in [0.05, 0.1) is 4.47 Å². The third-order valence-electron chi connectivity index (χ3n) is 2.92. The summed E-state index contributed by atoms with van der Waals surface area (Å²) in [4.78, 5) is 11.6. The number of carbonyl (C=O) groups excluding carboxylic acids is 1. The van der Waals surface area contributed by atoms with Crippen molar-refractivity contribution in [3.05, 3.63) is 63.9 Å². The zero-order chi connectivity index (χ0) is 14.7. The molecule has 0 spiro atoms. The lowest BCUT2D eigenvalue weighted by Gasteiger charge is -2.17. The number of halogens is 2. The Bertz CT molecular complexity index is 628. The number of anilines is 1. The number of rotatable bonds is 4. The summed E-state index contributed by atoms with van der Waals surface area (Å²) < 4.78 is 13.5. The van der Waals surface area contributed by atoms with Gasteiger partial charge in [-0.05, 0) is 52.7 Å². The van der Waals surface area contributed by atoms with Crippen LogP contribution in [0.2, 0.25) is 0 Å². The Labute approximate surface area is 125 Å². The highest BCUT2D eigenvalue weighted by atomic mass is 79.9. The molecule has 20 heavy (non-hydrogen) atoms. The molecule has 0 aliphatic rings. The molecule has 0 aliphatic carbocycles. The van der Waals surface area contributed by atoms with Crippen LogP contribution in [0.5, 0.6) is 0 Å². The van der Waals surface area contributed by atoms with Gasteiger partial charge in [-0.15, -0.1) is 0 Å². The van der Waals surface area contributed by atoms with Crippen LogP contribution in [0.1, 0.15) is 17.2 Å². The highest BCUT2D eigenvalue weighted by Gasteiger charge is 2.18. The summed E-state index contributed by atoms with van der Waals surface area (Å²) in [6.07, 6.45) is 0. The van der Waals surface area contributed by atoms with Gasteiger partial charge in [-0.1, -0.05) is 23.8 Å². The molecular weight excluding hydrogens is 323 g/mol. The Morgan fingerprint density at radius 1 is 1.25 bits per heavy atom. The molecule has 0 aliphatic heterocycles. The number of nitrogens with one attached hydrogen (secondary N) is 1. The van der Waals surface area contributed by atoms with E-state index in [-0.39, 0.29) is 5.82 Å². The van der Waals surface area contributed by atoms with E-state index in [1.165, 1.54) is 12.1 Å². The second-order valence-electron chi connectivity index (χ2n) is 4.52. The summed E-state index contributed by atoms with van der Waals surface area (Å²) >= 11 is 3.10. The van der Waals surface area contributed by atoms with E-state index in [0.717, 1.165) is 11.3 Å². The first-order chi connectivity index (χ1) is 9.47. The predicted octanol–water partition coefficient (Wildman–Crippen LogP) is 3.54. The van der Waals surface area contributed by atoms with Crippen molar-refractivity contribution in [3.63, 3.8) is 0 Å². The van der Waals surface area contributed by atoms with Crippen LogP contribution in [0.3, 0.4) is 0 Å². The van der Waals surface area contributed by atoms with Crippen LogP contribution >= 0.6 is 15.9 Å². The molecule has 1 unspecified atom stereocenters. The number of amides is 1. The van der Waals surface area contributed by atoms with Gasteiger partial charge in [-0.2, -0.15) is 0 Å². The number of hydrogen-bond acceptors (Lipinski definition) is 2. The smallest absolute Gasteiger partial charge is 0.244 e. The van der Waals surface area contributed by atoms with E-state index in [4.69, 9.17) is 5.73 Å². The molecular formula is C15H14BrFN2O. The van der Waals surface area contributed by atoms with Crippen molar-refractivity contribution in [1.29, 1.82) is 0 Å². The topological polar surface area (TPSA) is 55.1 Å². The van der Waals surface area contributed by atoms with E-state index in [0.29, 0.717) is 10.0 Å². The van der Waals surface area contributed by atoms with Crippen LogP contribution in [-0.4, -0.2) is 5.91 Å². The molecule has 0 saturated carbocycles. The molecule has 104 valence electrons. The van der Waals surface area contributed by atoms with E-state index in [1.807, 2.05) is 31.2 Å². The van der Waals surface area contributed by atoms with Gasteiger partial charge < -0.3 is 11.1 Å². The molecule has 3 nitrogen and oxygen atoms in total. The quantitative estimate of drug-likeness (QED) is 0.897. The Hall–Kier alpha value is -1.88. The Morgan fingerprint density at radius 3 is 2.45 bits per heavy atom. The fourth-order valence-electron chi connectivity index (χ4n) is 1.83. The van der Waals surface area contributed by atoms with Crippen LogP contribution < -0.4 is 11.1 Å². The molecule has 0 fully saturated rings. The highest BCUT2D eigenvalue weighted by Crippen LogP contribution is 2.24. The molecule has 0 radical (unpaired) electrons. The van der Waals surface area contributed by atoms with Crippen LogP contribution in [-0.2, 0) is 4.79 Å². The number of primary amides is 1. The van der Waals surface area contributed by atoms with Crippen molar-refractivity contribution in [2.45, 2.75) is 13.0 Å². The van der Waals surface area contributed by atoms with Gasteiger partial charge in [-0.25, -0.2) is 4.39 Å². The number of carbonyl (C=O) groups is 1. The van der Waals surface area contributed by atoms with Crippen molar-refractivity contribution in [2.75, 3.05) is 5.32 Å². The maximum atomic E-state index is 13.3. The maximum absolute atomic E-state index is 13.3. The minimum Gasteiger partial charge on any atom is -0.370 e. The third kappa shape index (κ3) is 3.36. The molecule has 0 bridgehead atoms. The van der Waals surface area contributed by atoms with Gasteiger partial charge in [0.25, 0.3) is 0 Å². The Kier molecular flexibility index (Phi) is 4.39. The van der Waals surface area contributed by atoms with Crippen LogP contribution in [0.25, 0.3) is 0 Å². The first-order valence-electron chi connectivity index (χ1n) is 6.05. The molecule has 5 heteroatoms. The summed E-state index contributed by atoms with van der Waals surface area (Å²) in [7, 11) is 0. The van der Waals surface area contributed by atoms with E-state index in [1.54, 1.807) is 6.07 Å². The lowest BCUT2D eigenvalue weighted by Crippen LogP contribution is -2.27. The van der Waals surface area contributed by atoms with Crippen LogP contribution in [0, 0.1) is 12.7 Å². The van der Waals surface area contributed by atoms with Gasteiger partial charge in [0.15, 0.2) is 0 Å². The lowest BCUT2D eigenvalue weighted by molar-refractivity contribution is -0.118. The average Bonchev–Trinajstić information content (AvgIpc) is 2.41. The van der Waals surface area contributed by atoms with Gasteiger partial charge in [0.1, 0.15) is 11.9 Å². The van der Waals surface area contributed by atoms with Gasteiger partial charge in [0.2, 0.25) is 5.91 Å². The van der Waals surface area contributed by atoms with Crippen molar-refractivity contribution in [2.24, 2.45) is 5.73 Å². The van der Waals surface area contributed by atoms with Crippen LogP contribution in [0.15, 0.2) is 46.9 Å². The molecule has 2 aromatic rings. The monoisotopic (exact) mass is 336 g/mol. The SMILES string of the molecule is Cc1ccc(NC(C(N)=O)c2ccc(F)c(Br)c2)cc1.